The topological polar surface area (TPSA) is 62.7 Å². The van der Waals surface area contributed by atoms with E-state index in [2.05, 4.69) is 9.88 Å². The lowest BCUT2D eigenvalue weighted by Crippen LogP contribution is -2.41. The van der Waals surface area contributed by atoms with Crippen molar-refractivity contribution in [2.75, 3.05) is 32.5 Å². The molecule has 1 fully saturated rings. The average Bonchev–Trinajstić information content (AvgIpc) is 2.93. The molecule has 3 atom stereocenters. The molecule has 9 heteroatoms. The van der Waals surface area contributed by atoms with E-state index >= 15 is 4.39 Å². The summed E-state index contributed by atoms with van der Waals surface area (Å²) in [7, 11) is 1.58. The van der Waals surface area contributed by atoms with Gasteiger partial charge in [0.1, 0.15) is 23.6 Å². The number of hydrogen-bond acceptors (Lipinski definition) is 5. The van der Waals surface area contributed by atoms with Gasteiger partial charge < -0.3 is 14.7 Å². The van der Waals surface area contributed by atoms with Gasteiger partial charge in [-0.25, -0.2) is 13.2 Å². The number of methoxy groups -OCH3 is 1. The minimum atomic E-state index is -1.16. The number of carbonyl (C=O) groups is 1. The number of carboxylic acid groups (broad SMARTS) is 1. The number of nitrogens with zero attached hydrogens (tertiary/aromatic N) is 2. The first-order valence-electron chi connectivity index (χ1n) is 13.4. The quantitative estimate of drug-likeness (QED) is 0.175. The fraction of sp³-hybridized carbons (Fsp3) is 0.467. The van der Waals surface area contributed by atoms with Crippen molar-refractivity contribution in [3.8, 4) is 5.75 Å². The maximum Gasteiger partial charge on any atom is 0.303 e. The normalized spacial score (nSPS) is 18.8. The van der Waals surface area contributed by atoms with Crippen molar-refractivity contribution in [3.63, 3.8) is 0 Å². The molecule has 1 saturated heterocycles. The van der Waals surface area contributed by atoms with Crippen molar-refractivity contribution in [2.45, 2.75) is 49.6 Å². The molecule has 0 amide bonds. The number of benzene rings is 2. The molecule has 3 aromatic rings. The van der Waals surface area contributed by atoms with Crippen LogP contribution in [0, 0.1) is 23.5 Å². The second-order valence-corrected chi connectivity index (χ2v) is 11.2. The second kappa shape index (κ2) is 14.0. The molecule has 4 rings (SSSR count). The van der Waals surface area contributed by atoms with Crippen molar-refractivity contribution in [3.05, 3.63) is 65.9 Å². The Balaban J connectivity index is 1.32. The van der Waals surface area contributed by atoms with Crippen molar-refractivity contribution in [1.29, 1.82) is 0 Å². The Morgan fingerprint density at radius 2 is 1.97 bits per heavy atom. The Morgan fingerprint density at radius 1 is 1.18 bits per heavy atom. The monoisotopic (exact) mass is 560 g/mol. The summed E-state index contributed by atoms with van der Waals surface area (Å²) in [6.07, 6.45) is 3.78. The molecule has 1 N–H and O–H groups in total. The number of hydrogen-bond donors (Lipinski definition) is 1. The predicted octanol–water partition coefficient (Wildman–Crippen LogP) is 7.30. The van der Waals surface area contributed by atoms with Gasteiger partial charge in [-0.3, -0.25) is 9.78 Å². The van der Waals surface area contributed by atoms with Crippen LogP contribution in [-0.2, 0) is 4.79 Å². The summed E-state index contributed by atoms with van der Waals surface area (Å²) in [5.74, 6) is -0.265. The Kier molecular flexibility index (Phi) is 10.5. The minimum absolute atomic E-state index is 0.0525. The van der Waals surface area contributed by atoms with E-state index in [9.17, 15) is 18.7 Å². The number of fused-ring (bicyclic) bond motifs is 1. The number of aromatic nitrogens is 1. The van der Waals surface area contributed by atoms with Crippen LogP contribution in [0.15, 0.2) is 53.6 Å². The van der Waals surface area contributed by atoms with E-state index in [1.807, 2.05) is 18.2 Å². The van der Waals surface area contributed by atoms with Crippen LogP contribution in [0.1, 0.15) is 50.3 Å². The van der Waals surface area contributed by atoms with Crippen molar-refractivity contribution >= 4 is 28.6 Å². The Morgan fingerprint density at radius 3 is 2.72 bits per heavy atom. The summed E-state index contributed by atoms with van der Waals surface area (Å²) in [6.45, 7) is 2.37. The summed E-state index contributed by atoms with van der Waals surface area (Å²) in [5.41, 5.74) is 1.32. The van der Waals surface area contributed by atoms with Crippen LogP contribution in [0.5, 0.6) is 5.75 Å². The lowest BCUT2D eigenvalue weighted by atomic mass is 9.79. The van der Waals surface area contributed by atoms with Gasteiger partial charge in [0.05, 0.1) is 17.5 Å². The number of aliphatic carboxylic acids is 1. The number of thioether (sulfide) groups is 1. The smallest absolute Gasteiger partial charge is 0.303 e. The number of pyridine rings is 1. The predicted molar refractivity (Wildman–Crippen MR) is 148 cm³/mol. The summed E-state index contributed by atoms with van der Waals surface area (Å²) in [6, 6.07) is 11.1. The Hall–Kier alpha value is -2.78. The molecule has 1 unspecified atom stereocenters. The molecule has 1 aromatic heterocycles. The fourth-order valence-corrected chi connectivity index (χ4v) is 6.41. The van der Waals surface area contributed by atoms with Crippen molar-refractivity contribution < 1.29 is 27.8 Å². The van der Waals surface area contributed by atoms with Gasteiger partial charge >= 0.3 is 5.97 Å². The Labute approximate surface area is 231 Å². The standard InChI is InChI=1S/C30H35F3N2O3S/c1-38-22-8-10-28-24(18-22)23(12-14-34-28)25(31)9-6-20-13-16-35(19-21(20)7-11-29(36)37)15-3-17-39-30-26(32)4-2-5-27(30)33/h2,4-5,8,10,12,14,18,20-21,25H,3,6-7,9,11,13,15-17,19H2,1H3,(H,36,37)/t20-,21+,25?/m1/s1. The van der Waals surface area contributed by atoms with Crippen LogP contribution in [0.25, 0.3) is 10.9 Å². The third-order valence-electron chi connectivity index (χ3n) is 7.60. The SMILES string of the molecule is COc1ccc2nccc(C(F)CC[C@@H]3CCN(CCCSc4c(F)cccc4F)C[C@@H]3CCC(=O)O)c2c1. The van der Waals surface area contributed by atoms with Crippen LogP contribution < -0.4 is 4.74 Å². The molecule has 5 nitrogen and oxygen atoms in total. The molecule has 0 bridgehead atoms. The van der Waals surface area contributed by atoms with Gasteiger partial charge in [-0.1, -0.05) is 6.07 Å². The highest BCUT2D eigenvalue weighted by atomic mass is 32.2. The third kappa shape index (κ3) is 7.88. The molecular formula is C30H35F3N2O3S. The summed E-state index contributed by atoms with van der Waals surface area (Å²) in [4.78, 5) is 18.0. The van der Waals surface area contributed by atoms with Gasteiger partial charge in [-0.05, 0) is 105 Å². The highest BCUT2D eigenvalue weighted by Crippen LogP contribution is 2.37. The van der Waals surface area contributed by atoms with Crippen LogP contribution in [0.4, 0.5) is 13.2 Å². The first-order valence-corrected chi connectivity index (χ1v) is 14.4. The van der Waals surface area contributed by atoms with Crippen LogP contribution in [0.3, 0.4) is 0 Å². The van der Waals surface area contributed by atoms with Gasteiger partial charge in [-0.2, -0.15) is 0 Å². The molecule has 1 aliphatic heterocycles. The largest absolute Gasteiger partial charge is 0.497 e. The number of likely N-dealkylation sites (tertiary alicyclic amines) is 1. The third-order valence-corrected chi connectivity index (χ3v) is 8.77. The van der Waals surface area contributed by atoms with E-state index in [0.717, 1.165) is 43.4 Å². The Bertz CT molecular complexity index is 1240. The molecule has 0 radical (unpaired) electrons. The molecule has 39 heavy (non-hydrogen) atoms. The second-order valence-electron chi connectivity index (χ2n) is 10.1. The van der Waals surface area contributed by atoms with Crippen LogP contribution in [-0.4, -0.2) is 53.5 Å². The molecule has 2 aromatic carbocycles. The van der Waals surface area contributed by atoms with E-state index in [4.69, 9.17) is 4.74 Å². The molecule has 0 saturated carbocycles. The summed E-state index contributed by atoms with van der Waals surface area (Å²) >= 11 is 1.18. The first kappa shape index (κ1) is 29.2. The fourth-order valence-electron chi connectivity index (χ4n) is 5.52. The van der Waals surface area contributed by atoms with Gasteiger partial charge in [0.2, 0.25) is 0 Å². The highest BCUT2D eigenvalue weighted by Gasteiger charge is 2.30. The van der Waals surface area contributed by atoms with Crippen molar-refractivity contribution in [2.24, 2.45) is 11.8 Å². The molecule has 0 spiro atoms. The number of piperidine rings is 1. The minimum Gasteiger partial charge on any atom is -0.497 e. The number of ether oxygens (including phenoxy) is 1. The van der Waals surface area contributed by atoms with Gasteiger partial charge in [0, 0.05) is 24.5 Å². The number of alkyl halides is 1. The van der Waals surface area contributed by atoms with Crippen LogP contribution >= 0.6 is 11.8 Å². The van der Waals surface area contributed by atoms with E-state index in [1.54, 1.807) is 19.4 Å². The number of halogens is 3. The van der Waals surface area contributed by atoms with E-state index in [1.165, 1.54) is 30.0 Å². The number of carboxylic acids is 1. The first-order chi connectivity index (χ1) is 18.9. The average molecular weight is 561 g/mol. The highest BCUT2D eigenvalue weighted by molar-refractivity contribution is 7.99. The zero-order valence-corrected chi connectivity index (χ0v) is 22.9. The molecular weight excluding hydrogens is 525 g/mol. The van der Waals surface area contributed by atoms with E-state index < -0.39 is 23.8 Å². The van der Waals surface area contributed by atoms with E-state index in [-0.39, 0.29) is 23.2 Å². The maximum atomic E-state index is 15.5. The van der Waals surface area contributed by atoms with Gasteiger partial charge in [0.25, 0.3) is 0 Å². The summed E-state index contributed by atoms with van der Waals surface area (Å²) in [5, 5.41) is 10.0. The lowest BCUT2D eigenvalue weighted by Gasteiger charge is -2.39. The molecule has 1 aliphatic rings. The molecule has 210 valence electrons. The number of rotatable bonds is 13. The van der Waals surface area contributed by atoms with Crippen LogP contribution in [0.2, 0.25) is 0 Å². The van der Waals surface area contributed by atoms with Gasteiger partial charge in [-0.15, -0.1) is 11.8 Å². The molecule has 0 aliphatic carbocycles. The zero-order chi connectivity index (χ0) is 27.8. The zero-order valence-electron chi connectivity index (χ0n) is 22.1. The van der Waals surface area contributed by atoms with Crippen molar-refractivity contribution in [1.82, 2.24) is 9.88 Å². The maximum absolute atomic E-state index is 15.5. The summed E-state index contributed by atoms with van der Waals surface area (Å²) < 4.78 is 48.6. The molecule has 2 heterocycles. The van der Waals surface area contributed by atoms with Gasteiger partial charge in [0.15, 0.2) is 0 Å². The lowest BCUT2D eigenvalue weighted by molar-refractivity contribution is -0.137. The van der Waals surface area contributed by atoms with E-state index in [0.29, 0.717) is 36.3 Å².